The van der Waals surface area contributed by atoms with E-state index in [0.29, 0.717) is 23.1 Å². The van der Waals surface area contributed by atoms with Crippen molar-refractivity contribution in [1.82, 2.24) is 8.80 Å². The second-order valence-corrected chi connectivity index (χ2v) is 32.5. The van der Waals surface area contributed by atoms with Gasteiger partial charge < -0.3 is 8.80 Å². The summed E-state index contributed by atoms with van der Waals surface area (Å²) in [5, 5.41) is 11.9. The average Bonchev–Trinajstić information content (AvgIpc) is 1.52. The summed E-state index contributed by atoms with van der Waals surface area (Å²) < 4.78 is 5.01. The molecule has 0 N–H and O–H groups in total. The van der Waals surface area contributed by atoms with E-state index in [0.717, 1.165) is 147 Å². The van der Waals surface area contributed by atoms with Crippen LogP contribution in [-0.4, -0.2) is 31.9 Å². The van der Waals surface area contributed by atoms with Gasteiger partial charge in [0.05, 0.1) is 33.1 Å². The summed E-state index contributed by atoms with van der Waals surface area (Å²) in [6.45, 7) is 27.9. The molecule has 10 aromatic rings. The molecule has 6 heteroatoms. The van der Waals surface area contributed by atoms with Gasteiger partial charge in [0.25, 0.3) is 0 Å². The number of carbonyl (C=O) groups is 4. The maximum absolute atomic E-state index is 15.7. The number of carbonyl (C=O) groups excluding carboxylic acids is 4. The number of ketones is 4. The number of Topliss-reactive ketones (excluding diaryl/α,β-unsaturated/α-hetero) is 4. The fourth-order valence-electron chi connectivity index (χ4n) is 21.8. The number of rotatable bonds is 4. The van der Waals surface area contributed by atoms with E-state index in [2.05, 4.69) is 153 Å². The molecule has 22 rings (SSSR count). The third kappa shape index (κ3) is 5.51. The van der Waals surface area contributed by atoms with Gasteiger partial charge in [-0.2, -0.15) is 0 Å². The molecule has 0 unspecified atom stereocenters. The number of hydrogen-bond donors (Lipinski definition) is 0. The van der Waals surface area contributed by atoms with Crippen molar-refractivity contribution in [1.29, 1.82) is 0 Å². The standard InChI is InChI=1S/C78H82N2O4/c1-39(2)75-21-13-71(9,14-22-75)55-31-43-47-29-45-46(63-53-33-57-51(69(83)77(41(5)6)25-17-73(57,11)18-26-77)37-61(53)79(65(47)63)59(43)35-49(55)67(75)81)30-48-44-32-56-50(68(82)76(40(3)4)23-15-72(56,10)16-24-76)36-60(44)80-62-38-52-58(34-54(62)64(45)66(48)80)74(12)19-27-78(28-20-74,42(7)8)70(52)84/h29-42H,13-28H2,1-12H3. The summed E-state index contributed by atoms with van der Waals surface area (Å²) >= 11 is 0. The number of aromatic nitrogens is 2. The number of nitrogens with zero attached hydrogens (tertiary/aromatic N) is 2. The molecule has 0 spiro atoms. The van der Waals surface area contributed by atoms with Crippen LogP contribution in [0.2, 0.25) is 0 Å². The highest BCUT2D eigenvalue weighted by atomic mass is 16.1. The van der Waals surface area contributed by atoms with Crippen molar-refractivity contribution >= 4 is 110 Å². The first-order chi connectivity index (χ1) is 39.9. The highest BCUT2D eigenvalue weighted by Crippen LogP contribution is 2.63. The molecule has 0 atom stereocenters. The molecular formula is C78H82N2O4. The van der Waals surface area contributed by atoms with Crippen molar-refractivity contribution in [3.8, 4) is 0 Å². The molecule has 8 bridgehead atoms. The van der Waals surface area contributed by atoms with E-state index in [-0.39, 0.29) is 56.2 Å². The fourth-order valence-corrected chi connectivity index (χ4v) is 21.8. The van der Waals surface area contributed by atoms with E-state index in [1.165, 1.54) is 87.1 Å². The topological polar surface area (TPSA) is 77.1 Å². The second-order valence-electron chi connectivity index (χ2n) is 32.5. The van der Waals surface area contributed by atoms with Crippen LogP contribution in [0.25, 0.3) is 87.0 Å². The van der Waals surface area contributed by atoms with E-state index in [9.17, 15) is 0 Å². The van der Waals surface area contributed by atoms with Crippen molar-refractivity contribution in [2.24, 2.45) is 45.3 Å². The lowest BCUT2D eigenvalue weighted by molar-refractivity contribution is 0.0537. The van der Waals surface area contributed by atoms with Gasteiger partial charge in [-0.1, -0.05) is 83.1 Å². The molecule has 428 valence electrons. The van der Waals surface area contributed by atoms with Crippen molar-refractivity contribution < 1.29 is 19.2 Å². The second kappa shape index (κ2) is 15.3. The predicted molar refractivity (Wildman–Crippen MR) is 343 cm³/mol. The van der Waals surface area contributed by atoms with Crippen LogP contribution in [0, 0.1) is 45.3 Å². The molecular weight excluding hydrogens is 1030 g/mol. The Hall–Kier alpha value is -6.14. The van der Waals surface area contributed by atoms with Gasteiger partial charge in [-0.15, -0.1) is 0 Å². The third-order valence-electron chi connectivity index (χ3n) is 28.3. The van der Waals surface area contributed by atoms with E-state index < -0.39 is 10.8 Å². The number of hydrogen-bond acceptors (Lipinski definition) is 4. The smallest absolute Gasteiger partial charge is 0.169 e. The van der Waals surface area contributed by atoms with Crippen molar-refractivity contribution in [2.45, 2.75) is 207 Å². The molecule has 12 aliphatic rings. The van der Waals surface area contributed by atoms with Gasteiger partial charge in [-0.25, -0.2) is 0 Å². The predicted octanol–water partition coefficient (Wildman–Crippen LogP) is 19.8. The monoisotopic (exact) mass is 1110 g/mol. The maximum atomic E-state index is 15.7. The number of fused-ring (bicyclic) bond motifs is 23. The van der Waals surface area contributed by atoms with Crippen LogP contribution in [0.5, 0.6) is 0 Å². The van der Waals surface area contributed by atoms with E-state index in [1.54, 1.807) is 0 Å². The molecule has 0 saturated heterocycles. The van der Waals surface area contributed by atoms with Gasteiger partial charge in [-0.3, -0.25) is 19.2 Å². The molecule has 12 aliphatic carbocycles. The van der Waals surface area contributed by atoms with Crippen LogP contribution in [0.4, 0.5) is 0 Å². The summed E-state index contributed by atoms with van der Waals surface area (Å²) in [5.41, 5.74) is 12.9. The quantitative estimate of drug-likeness (QED) is 0.176. The minimum Gasteiger partial charge on any atom is -0.308 e. The normalized spacial score (nSPS) is 32.9. The van der Waals surface area contributed by atoms with Crippen LogP contribution in [0.15, 0.2) is 60.7 Å². The van der Waals surface area contributed by atoms with Crippen LogP contribution >= 0.6 is 0 Å². The van der Waals surface area contributed by atoms with Crippen molar-refractivity contribution in [3.63, 3.8) is 0 Å². The summed E-state index contributed by atoms with van der Waals surface area (Å²) in [7, 11) is 0. The van der Waals surface area contributed by atoms with Gasteiger partial charge in [-0.05, 0) is 242 Å². The Balaban J connectivity index is 1.05. The first-order valence-electron chi connectivity index (χ1n) is 33.1. The zero-order valence-electron chi connectivity index (χ0n) is 51.9. The molecule has 6 aromatic carbocycles. The van der Waals surface area contributed by atoms with Crippen molar-refractivity contribution in [3.05, 3.63) is 105 Å². The lowest BCUT2D eigenvalue weighted by atomic mass is 9.60. The maximum Gasteiger partial charge on any atom is 0.169 e. The number of benzene rings is 6. The molecule has 6 nitrogen and oxygen atoms in total. The summed E-state index contributed by atoms with van der Waals surface area (Å²) in [4.78, 5) is 62.6. The fraction of sp³-hybridized carbons (Fsp3) is 0.513. The van der Waals surface area contributed by atoms with Gasteiger partial charge in [0, 0.05) is 87.0 Å². The summed E-state index contributed by atoms with van der Waals surface area (Å²) in [6.07, 6.45) is 15.2. The van der Waals surface area contributed by atoms with Gasteiger partial charge in [0.1, 0.15) is 0 Å². The minimum absolute atomic E-state index is 0.127. The summed E-state index contributed by atoms with van der Waals surface area (Å²) in [5.74, 6) is 2.18. The van der Waals surface area contributed by atoms with Crippen LogP contribution in [-0.2, 0) is 21.7 Å². The largest absolute Gasteiger partial charge is 0.308 e. The molecule has 4 heterocycles. The Morgan fingerprint density at radius 3 is 0.750 bits per heavy atom. The van der Waals surface area contributed by atoms with E-state index in [1.807, 2.05) is 0 Å². The third-order valence-corrected chi connectivity index (χ3v) is 28.3. The molecule has 4 aromatic heterocycles. The Bertz CT molecular complexity index is 4480. The van der Waals surface area contributed by atoms with Crippen LogP contribution in [0.3, 0.4) is 0 Å². The van der Waals surface area contributed by atoms with Crippen LogP contribution < -0.4 is 0 Å². The first-order valence-corrected chi connectivity index (χ1v) is 33.1. The Labute approximate surface area is 493 Å². The lowest BCUT2D eigenvalue weighted by Gasteiger charge is -2.42. The Kier molecular flexibility index (Phi) is 9.33. The van der Waals surface area contributed by atoms with E-state index in [4.69, 9.17) is 0 Å². The van der Waals surface area contributed by atoms with E-state index >= 15 is 19.2 Å². The first kappa shape index (κ1) is 51.1. The Morgan fingerprint density at radius 2 is 0.512 bits per heavy atom. The molecule has 4 saturated carbocycles. The van der Waals surface area contributed by atoms with Gasteiger partial charge in [0.2, 0.25) is 0 Å². The van der Waals surface area contributed by atoms with Crippen molar-refractivity contribution in [2.75, 3.05) is 0 Å². The molecule has 0 radical (unpaired) electrons. The molecule has 4 fully saturated rings. The highest BCUT2D eigenvalue weighted by molar-refractivity contribution is 6.40. The van der Waals surface area contributed by atoms with Gasteiger partial charge >= 0.3 is 0 Å². The highest BCUT2D eigenvalue weighted by Gasteiger charge is 2.57. The summed E-state index contributed by atoms with van der Waals surface area (Å²) in [6, 6.07) is 24.3. The van der Waals surface area contributed by atoms with Gasteiger partial charge in [0.15, 0.2) is 23.1 Å². The zero-order valence-corrected chi connectivity index (χ0v) is 51.9. The molecule has 0 amide bonds. The SMILES string of the molecule is CC(C)C12CCC(C)(CC1)c1cc3c4cc5c(cc6c7cc8c(cc7n7c9cc%10c(cc9c5c67)C5(C)CCC(C(C)C)(CC5)C%10=O)C(=O)C5(C(C)C)CCC8(C)CC5)c5c6cc7c(cc6n(c3cc1C2=O)c45)C(=O)C1(C(C)C)CCC7(C)CC1. The Morgan fingerprint density at radius 1 is 0.286 bits per heavy atom. The lowest BCUT2D eigenvalue weighted by Crippen LogP contribution is -2.39. The van der Waals surface area contributed by atoms with Crippen LogP contribution in [0.1, 0.15) is 250 Å². The zero-order chi connectivity index (χ0) is 58.0. The molecule has 0 aliphatic heterocycles. The minimum atomic E-state index is -0.393. The molecule has 84 heavy (non-hydrogen) atoms. The average molecular weight is 1110 g/mol.